The van der Waals surface area contributed by atoms with Crippen molar-refractivity contribution in [3.05, 3.63) is 23.0 Å². The largest absolute Gasteiger partial charge is 0.304 e. The molecule has 4 heteroatoms. The molecule has 10 heavy (non-hydrogen) atoms. The first-order chi connectivity index (χ1) is 4.88. The third kappa shape index (κ3) is 0.708. The third-order valence-electron chi connectivity index (χ3n) is 1.43. The zero-order chi connectivity index (χ0) is 6.97. The van der Waals surface area contributed by atoms with E-state index in [0.717, 1.165) is 5.70 Å². The van der Waals surface area contributed by atoms with Crippen LogP contribution < -0.4 is 5.43 Å². The minimum Gasteiger partial charge on any atom is -0.304 e. The van der Waals surface area contributed by atoms with Crippen LogP contribution in [0.4, 0.5) is 0 Å². The molecule has 0 aromatic rings. The van der Waals surface area contributed by atoms with Crippen molar-refractivity contribution in [3.63, 3.8) is 0 Å². The molecule has 0 atom stereocenters. The number of halogens is 1. The molecule has 2 rings (SSSR count). The molecule has 2 heterocycles. The molecule has 0 spiro atoms. The molecule has 2 aliphatic rings. The van der Waals surface area contributed by atoms with Gasteiger partial charge >= 0.3 is 0 Å². The molecule has 0 saturated heterocycles. The highest BCUT2D eigenvalue weighted by Gasteiger charge is 2.15. The fourth-order valence-electron chi connectivity index (χ4n) is 0.960. The van der Waals surface area contributed by atoms with E-state index in [4.69, 9.17) is 11.6 Å². The molecule has 2 aliphatic heterocycles. The number of hydrogen-bond donors (Lipinski definition) is 1. The van der Waals surface area contributed by atoms with Crippen LogP contribution in [0.25, 0.3) is 0 Å². The summed E-state index contributed by atoms with van der Waals surface area (Å²) < 4.78 is 0. The maximum Gasteiger partial charge on any atom is 0.129 e. The summed E-state index contributed by atoms with van der Waals surface area (Å²) in [5.74, 6) is 0. The third-order valence-corrected chi connectivity index (χ3v) is 1.73. The minimum atomic E-state index is 0.637. The topological polar surface area (TPSA) is 27.6 Å². The summed E-state index contributed by atoms with van der Waals surface area (Å²) in [4.78, 5) is 4.01. The van der Waals surface area contributed by atoms with Gasteiger partial charge in [0.05, 0.1) is 10.7 Å². The summed E-state index contributed by atoms with van der Waals surface area (Å²) in [6.45, 7) is 0.637. The molecule has 0 saturated carbocycles. The number of hydrazine groups is 1. The summed E-state index contributed by atoms with van der Waals surface area (Å²) in [6.07, 6.45) is 5.44. The second-order valence-corrected chi connectivity index (χ2v) is 2.48. The Labute approximate surface area is 63.7 Å². The molecule has 0 aromatic heterocycles. The number of allylic oxidation sites excluding steroid dienone is 2. The van der Waals surface area contributed by atoms with Gasteiger partial charge in [-0.1, -0.05) is 11.6 Å². The van der Waals surface area contributed by atoms with E-state index < -0.39 is 0 Å². The van der Waals surface area contributed by atoms with Gasteiger partial charge in [-0.2, -0.15) is 0 Å². The first-order valence-corrected chi connectivity index (χ1v) is 3.35. The van der Waals surface area contributed by atoms with Gasteiger partial charge < -0.3 is 5.43 Å². The van der Waals surface area contributed by atoms with Gasteiger partial charge in [-0.15, -0.1) is 0 Å². The van der Waals surface area contributed by atoms with Crippen LogP contribution in [-0.4, -0.2) is 17.9 Å². The summed E-state index contributed by atoms with van der Waals surface area (Å²) in [7, 11) is 0. The summed E-state index contributed by atoms with van der Waals surface area (Å²) in [6, 6.07) is 0. The Bertz CT molecular complexity index is 241. The van der Waals surface area contributed by atoms with Crippen molar-refractivity contribution in [2.24, 2.45) is 4.99 Å². The van der Waals surface area contributed by atoms with Crippen LogP contribution in [0.5, 0.6) is 0 Å². The lowest BCUT2D eigenvalue weighted by molar-refractivity contribution is 0.321. The highest BCUT2D eigenvalue weighted by atomic mass is 35.5. The quantitative estimate of drug-likeness (QED) is 0.561. The average molecular weight is 156 g/mol. The number of aliphatic imine (C=N–C) groups is 1. The Balaban J connectivity index is 2.41. The maximum absolute atomic E-state index is 5.82. The van der Waals surface area contributed by atoms with Gasteiger partial charge in [0.25, 0.3) is 0 Å². The molecule has 0 radical (unpaired) electrons. The van der Waals surface area contributed by atoms with Crippen molar-refractivity contribution in [3.8, 4) is 0 Å². The van der Waals surface area contributed by atoms with Crippen LogP contribution >= 0.6 is 11.6 Å². The van der Waals surface area contributed by atoms with Crippen LogP contribution in [0, 0.1) is 0 Å². The molecular formula is C6H6ClN3. The Morgan fingerprint density at radius 2 is 2.60 bits per heavy atom. The molecule has 0 bridgehead atoms. The molecule has 0 aliphatic carbocycles. The van der Waals surface area contributed by atoms with E-state index in [0.29, 0.717) is 11.7 Å². The standard InChI is InChI=1S/C6H6ClN3/c7-5-3-8-4-10-6(5)1-2-9-10/h1-3,9H,4H2. The lowest BCUT2D eigenvalue weighted by atomic mass is 10.4. The van der Waals surface area contributed by atoms with Gasteiger partial charge in [-0.3, -0.25) is 10.0 Å². The molecule has 0 fully saturated rings. The molecular weight excluding hydrogens is 150 g/mol. The fourth-order valence-corrected chi connectivity index (χ4v) is 1.19. The van der Waals surface area contributed by atoms with Crippen LogP contribution in [-0.2, 0) is 0 Å². The predicted molar refractivity (Wildman–Crippen MR) is 40.4 cm³/mol. The van der Waals surface area contributed by atoms with Crippen molar-refractivity contribution in [1.82, 2.24) is 10.4 Å². The number of fused-ring (bicyclic) bond motifs is 1. The summed E-state index contributed by atoms with van der Waals surface area (Å²) >= 11 is 5.82. The highest BCUT2D eigenvalue weighted by molar-refractivity contribution is 6.39. The SMILES string of the molecule is ClC1=C2C=CNN2CN=C1. The smallest absolute Gasteiger partial charge is 0.129 e. The monoisotopic (exact) mass is 155 g/mol. The number of nitrogens with one attached hydrogen (secondary N) is 1. The zero-order valence-corrected chi connectivity index (χ0v) is 5.97. The Kier molecular flexibility index (Phi) is 1.17. The lowest BCUT2D eigenvalue weighted by Crippen LogP contribution is -2.31. The van der Waals surface area contributed by atoms with Gasteiger partial charge in [0.1, 0.15) is 6.67 Å². The van der Waals surface area contributed by atoms with Gasteiger partial charge in [-0.25, -0.2) is 0 Å². The molecule has 52 valence electrons. The van der Waals surface area contributed by atoms with Crippen LogP contribution in [0.1, 0.15) is 0 Å². The number of hydrogen-bond acceptors (Lipinski definition) is 3. The maximum atomic E-state index is 5.82. The molecule has 3 nitrogen and oxygen atoms in total. The zero-order valence-electron chi connectivity index (χ0n) is 5.21. The van der Waals surface area contributed by atoms with E-state index in [1.165, 1.54) is 0 Å². The van der Waals surface area contributed by atoms with E-state index in [-0.39, 0.29) is 0 Å². The fraction of sp³-hybridized carbons (Fsp3) is 0.167. The molecule has 0 amide bonds. The first kappa shape index (κ1) is 5.80. The Morgan fingerprint density at radius 3 is 3.40 bits per heavy atom. The van der Waals surface area contributed by atoms with E-state index in [9.17, 15) is 0 Å². The van der Waals surface area contributed by atoms with Crippen molar-refractivity contribution < 1.29 is 0 Å². The van der Waals surface area contributed by atoms with Crippen molar-refractivity contribution in [2.75, 3.05) is 6.67 Å². The van der Waals surface area contributed by atoms with Crippen molar-refractivity contribution >= 4 is 17.8 Å². The average Bonchev–Trinajstić information content (AvgIpc) is 2.36. The first-order valence-electron chi connectivity index (χ1n) is 2.98. The van der Waals surface area contributed by atoms with Crippen molar-refractivity contribution in [1.29, 1.82) is 0 Å². The van der Waals surface area contributed by atoms with Gasteiger partial charge in [0, 0.05) is 12.4 Å². The van der Waals surface area contributed by atoms with Crippen LogP contribution in [0.2, 0.25) is 0 Å². The summed E-state index contributed by atoms with van der Waals surface area (Å²) in [5, 5.41) is 2.56. The summed E-state index contributed by atoms with van der Waals surface area (Å²) in [5.41, 5.74) is 3.98. The highest BCUT2D eigenvalue weighted by Crippen LogP contribution is 2.19. The molecule has 1 N–H and O–H groups in total. The van der Waals surface area contributed by atoms with Crippen molar-refractivity contribution in [2.45, 2.75) is 0 Å². The van der Waals surface area contributed by atoms with Crippen LogP contribution in [0.15, 0.2) is 28.0 Å². The molecule has 0 aromatic carbocycles. The Morgan fingerprint density at radius 1 is 1.70 bits per heavy atom. The number of rotatable bonds is 0. The normalized spacial score (nSPS) is 21.5. The minimum absolute atomic E-state index is 0.637. The van der Waals surface area contributed by atoms with Crippen LogP contribution in [0.3, 0.4) is 0 Å². The van der Waals surface area contributed by atoms with E-state index in [1.54, 1.807) is 6.21 Å². The molecule has 0 unspecified atom stereocenters. The second kappa shape index (κ2) is 2.02. The van der Waals surface area contributed by atoms with E-state index in [1.807, 2.05) is 17.3 Å². The number of nitrogens with zero attached hydrogens (tertiary/aromatic N) is 2. The second-order valence-electron chi connectivity index (χ2n) is 2.08. The lowest BCUT2D eigenvalue weighted by Gasteiger charge is -2.20. The van der Waals surface area contributed by atoms with Gasteiger partial charge in [0.2, 0.25) is 0 Å². The Hall–Kier alpha value is -0.960. The van der Waals surface area contributed by atoms with E-state index in [2.05, 4.69) is 10.4 Å². The van der Waals surface area contributed by atoms with Gasteiger partial charge in [-0.05, 0) is 6.08 Å². The van der Waals surface area contributed by atoms with E-state index >= 15 is 0 Å². The van der Waals surface area contributed by atoms with Gasteiger partial charge in [0.15, 0.2) is 0 Å². The predicted octanol–water partition coefficient (Wildman–Crippen LogP) is 0.813.